The second kappa shape index (κ2) is 8.55. The lowest BCUT2D eigenvalue weighted by Crippen LogP contribution is -2.38. The zero-order valence-corrected chi connectivity index (χ0v) is 16.7. The maximum atomic E-state index is 13.3. The fraction of sp³-hybridized carbons (Fsp3) is 0.435. The Morgan fingerprint density at radius 1 is 1.22 bits per heavy atom. The number of hydrogen-bond acceptors (Lipinski definition) is 3. The first-order valence-electron chi connectivity index (χ1n) is 9.81. The molecule has 2 aliphatic rings. The highest BCUT2D eigenvalue weighted by Crippen LogP contribution is 2.27. The number of nitrogens with zero attached hydrogens (tertiary/aromatic N) is 3. The lowest BCUT2D eigenvalue weighted by molar-refractivity contribution is 0.389. The first kappa shape index (κ1) is 19.4. The molecular weight excluding hydrogens is 337 g/mol. The van der Waals surface area contributed by atoms with Gasteiger partial charge in [0.2, 0.25) is 0 Å². The third-order valence-corrected chi connectivity index (χ3v) is 5.65. The quantitative estimate of drug-likeness (QED) is 0.693. The number of allylic oxidation sites excluding steroid dienone is 3. The van der Waals surface area contributed by atoms with Gasteiger partial charge in [-0.2, -0.15) is 0 Å². The minimum Gasteiger partial charge on any atom is -0.358 e. The van der Waals surface area contributed by atoms with Crippen molar-refractivity contribution >= 4 is 11.4 Å². The molecule has 0 aromatic heterocycles. The van der Waals surface area contributed by atoms with Gasteiger partial charge in [0.05, 0.1) is 0 Å². The third-order valence-electron chi connectivity index (χ3n) is 5.65. The predicted octanol–water partition coefficient (Wildman–Crippen LogP) is 5.09. The molecule has 3 nitrogen and oxygen atoms in total. The van der Waals surface area contributed by atoms with E-state index in [2.05, 4.69) is 43.3 Å². The van der Waals surface area contributed by atoms with Crippen molar-refractivity contribution in [3.05, 3.63) is 65.6 Å². The van der Waals surface area contributed by atoms with E-state index in [4.69, 9.17) is 4.99 Å². The number of halogens is 1. The summed E-state index contributed by atoms with van der Waals surface area (Å²) in [4.78, 5) is 9.51. The van der Waals surface area contributed by atoms with Crippen LogP contribution in [-0.2, 0) is 0 Å². The van der Waals surface area contributed by atoms with Crippen molar-refractivity contribution in [1.82, 2.24) is 9.80 Å². The molecule has 1 aromatic carbocycles. The number of amidine groups is 1. The van der Waals surface area contributed by atoms with Gasteiger partial charge in [0, 0.05) is 31.4 Å². The van der Waals surface area contributed by atoms with Crippen LogP contribution in [0.2, 0.25) is 0 Å². The minimum absolute atomic E-state index is 0.226. The van der Waals surface area contributed by atoms with Gasteiger partial charge in [0.1, 0.15) is 18.3 Å². The fourth-order valence-electron chi connectivity index (χ4n) is 3.70. The van der Waals surface area contributed by atoms with Crippen LogP contribution in [0.1, 0.15) is 38.7 Å². The number of hydrogen-bond donors (Lipinski definition) is 0. The molecule has 1 saturated heterocycles. The van der Waals surface area contributed by atoms with E-state index in [0.29, 0.717) is 6.67 Å². The molecule has 3 rings (SSSR count). The Kier molecular flexibility index (Phi) is 6.15. The molecule has 1 unspecified atom stereocenters. The summed E-state index contributed by atoms with van der Waals surface area (Å²) in [6, 6.07) is 6.59. The van der Waals surface area contributed by atoms with Crippen molar-refractivity contribution in [2.75, 3.05) is 26.8 Å². The molecule has 0 bridgehead atoms. The van der Waals surface area contributed by atoms with Crippen LogP contribution < -0.4 is 0 Å². The molecule has 144 valence electrons. The molecule has 2 heterocycles. The molecule has 4 heteroatoms. The van der Waals surface area contributed by atoms with Crippen LogP contribution in [0.5, 0.6) is 0 Å². The second-order valence-corrected chi connectivity index (χ2v) is 7.65. The van der Waals surface area contributed by atoms with Crippen molar-refractivity contribution in [2.45, 2.75) is 33.1 Å². The highest BCUT2D eigenvalue weighted by atomic mass is 19.1. The van der Waals surface area contributed by atoms with E-state index >= 15 is 0 Å². The van der Waals surface area contributed by atoms with Gasteiger partial charge in [0.15, 0.2) is 0 Å². The standard InChI is InChI=1S/C23H30FN3/c1-5-19(20-8-10-21(24)11-9-20)15-22-18(3)26(4)16-25-23(22)27-13-6-7-17(2)12-14-27/h5,8-11,15,17H,1,6-7,12-14,16H2,2-4H3/b19-15+. The summed E-state index contributed by atoms with van der Waals surface area (Å²) in [5, 5.41) is 0. The van der Waals surface area contributed by atoms with Gasteiger partial charge in [0.25, 0.3) is 0 Å². The van der Waals surface area contributed by atoms with Crippen molar-refractivity contribution < 1.29 is 4.39 Å². The van der Waals surface area contributed by atoms with Crippen LogP contribution in [0.3, 0.4) is 0 Å². The summed E-state index contributed by atoms with van der Waals surface area (Å²) in [5.41, 5.74) is 4.29. The fourth-order valence-corrected chi connectivity index (χ4v) is 3.70. The summed E-state index contributed by atoms with van der Waals surface area (Å²) in [7, 11) is 2.07. The SMILES string of the molecule is C=C/C(=C\C1=C(C)N(C)CN=C1N1CCCC(C)CC1)c1ccc(F)cc1. The Labute approximate surface area is 162 Å². The highest BCUT2D eigenvalue weighted by Gasteiger charge is 2.24. The van der Waals surface area contributed by atoms with Crippen molar-refractivity contribution in [3.8, 4) is 0 Å². The Hall–Kier alpha value is -2.36. The number of likely N-dealkylation sites (tertiary alicyclic amines) is 1. The average Bonchev–Trinajstić information content (AvgIpc) is 2.88. The number of benzene rings is 1. The van der Waals surface area contributed by atoms with Crippen molar-refractivity contribution in [2.24, 2.45) is 10.9 Å². The summed E-state index contributed by atoms with van der Waals surface area (Å²) in [6.45, 7) is 11.3. The van der Waals surface area contributed by atoms with Crippen LogP contribution in [0, 0.1) is 11.7 Å². The van der Waals surface area contributed by atoms with Crippen LogP contribution in [0.15, 0.2) is 59.3 Å². The zero-order valence-electron chi connectivity index (χ0n) is 16.7. The van der Waals surface area contributed by atoms with E-state index in [9.17, 15) is 4.39 Å². The maximum absolute atomic E-state index is 13.3. The monoisotopic (exact) mass is 367 g/mol. The number of rotatable bonds is 3. The van der Waals surface area contributed by atoms with Gasteiger partial charge in [-0.05, 0) is 61.4 Å². The Balaban J connectivity index is 1.97. The van der Waals surface area contributed by atoms with Crippen LogP contribution >= 0.6 is 0 Å². The molecule has 0 saturated carbocycles. The Morgan fingerprint density at radius 2 is 1.96 bits per heavy atom. The topological polar surface area (TPSA) is 18.8 Å². The number of aliphatic imine (C=N–C) groups is 1. The Morgan fingerprint density at radius 3 is 2.67 bits per heavy atom. The van der Waals surface area contributed by atoms with Gasteiger partial charge in [-0.15, -0.1) is 0 Å². The normalized spacial score (nSPS) is 21.9. The highest BCUT2D eigenvalue weighted by molar-refractivity contribution is 6.04. The van der Waals surface area contributed by atoms with E-state index in [1.807, 2.05) is 6.08 Å². The minimum atomic E-state index is -0.226. The van der Waals surface area contributed by atoms with E-state index in [1.54, 1.807) is 12.1 Å². The molecule has 0 N–H and O–H groups in total. The van der Waals surface area contributed by atoms with E-state index < -0.39 is 0 Å². The maximum Gasteiger partial charge on any atom is 0.134 e. The summed E-state index contributed by atoms with van der Waals surface area (Å²) < 4.78 is 13.3. The molecular formula is C23H30FN3. The van der Waals surface area contributed by atoms with Crippen LogP contribution in [-0.4, -0.2) is 42.4 Å². The lowest BCUT2D eigenvalue weighted by atomic mass is 10.00. The van der Waals surface area contributed by atoms with Gasteiger partial charge >= 0.3 is 0 Å². The van der Waals surface area contributed by atoms with Crippen LogP contribution in [0.4, 0.5) is 4.39 Å². The average molecular weight is 368 g/mol. The molecule has 27 heavy (non-hydrogen) atoms. The van der Waals surface area contributed by atoms with Crippen molar-refractivity contribution in [1.29, 1.82) is 0 Å². The van der Waals surface area contributed by atoms with Gasteiger partial charge < -0.3 is 9.80 Å². The first-order valence-corrected chi connectivity index (χ1v) is 9.81. The van der Waals surface area contributed by atoms with E-state index in [-0.39, 0.29) is 5.82 Å². The van der Waals surface area contributed by atoms with Gasteiger partial charge in [-0.1, -0.05) is 31.7 Å². The second-order valence-electron chi connectivity index (χ2n) is 7.65. The summed E-state index contributed by atoms with van der Waals surface area (Å²) >= 11 is 0. The molecule has 0 radical (unpaired) electrons. The van der Waals surface area contributed by atoms with E-state index in [0.717, 1.165) is 41.6 Å². The zero-order chi connectivity index (χ0) is 19.4. The smallest absolute Gasteiger partial charge is 0.134 e. The van der Waals surface area contributed by atoms with Gasteiger partial charge in [-0.25, -0.2) is 9.38 Å². The summed E-state index contributed by atoms with van der Waals surface area (Å²) in [5.74, 6) is 1.63. The molecule has 1 fully saturated rings. The predicted molar refractivity (Wildman–Crippen MR) is 112 cm³/mol. The molecule has 1 atom stereocenters. The van der Waals surface area contributed by atoms with Crippen molar-refractivity contribution in [3.63, 3.8) is 0 Å². The summed E-state index contributed by atoms with van der Waals surface area (Å²) in [6.07, 6.45) is 7.68. The molecule has 0 spiro atoms. The van der Waals surface area contributed by atoms with Crippen LogP contribution in [0.25, 0.3) is 5.57 Å². The van der Waals surface area contributed by atoms with E-state index in [1.165, 1.54) is 37.1 Å². The third kappa shape index (κ3) is 4.49. The molecule has 0 amide bonds. The first-order chi connectivity index (χ1) is 13.0. The Bertz CT molecular complexity index is 773. The molecule has 2 aliphatic heterocycles. The largest absolute Gasteiger partial charge is 0.358 e. The molecule has 1 aromatic rings. The molecule has 0 aliphatic carbocycles. The lowest BCUT2D eigenvalue weighted by Gasteiger charge is -2.33. The van der Waals surface area contributed by atoms with Gasteiger partial charge in [-0.3, -0.25) is 0 Å².